The Labute approximate surface area is 97.4 Å². The molecule has 0 aromatic heterocycles. The van der Waals surface area contributed by atoms with E-state index in [4.69, 9.17) is 0 Å². The smallest absolute Gasteiger partial charge is 0.158 e. The van der Waals surface area contributed by atoms with E-state index in [9.17, 15) is 9.59 Å². The van der Waals surface area contributed by atoms with Crippen molar-refractivity contribution in [3.05, 3.63) is 22.8 Å². The normalized spacial score (nSPS) is 21.3. The topological polar surface area (TPSA) is 34.1 Å². The molecule has 0 bridgehead atoms. The standard InChI is InChI=1S/C14H20O2/c1-9(11(3)15)8-12-10(2)13(16)6-7-14(12,4)5/h8H,6-7H2,1-5H3/b9-8+. The number of allylic oxidation sites excluding steroid dienone is 4. The molecule has 88 valence electrons. The van der Waals surface area contributed by atoms with Crippen molar-refractivity contribution in [1.82, 2.24) is 0 Å². The highest BCUT2D eigenvalue weighted by atomic mass is 16.1. The first-order valence-electron chi connectivity index (χ1n) is 5.69. The van der Waals surface area contributed by atoms with Crippen molar-refractivity contribution in [1.29, 1.82) is 0 Å². The van der Waals surface area contributed by atoms with Crippen LogP contribution in [0.15, 0.2) is 22.8 Å². The molecule has 0 aromatic rings. The van der Waals surface area contributed by atoms with E-state index in [0.717, 1.165) is 23.1 Å². The third kappa shape index (κ3) is 2.49. The van der Waals surface area contributed by atoms with Crippen molar-refractivity contribution in [3.8, 4) is 0 Å². The molecule has 0 saturated carbocycles. The summed E-state index contributed by atoms with van der Waals surface area (Å²) in [6, 6.07) is 0. The van der Waals surface area contributed by atoms with Gasteiger partial charge in [-0.1, -0.05) is 19.9 Å². The van der Waals surface area contributed by atoms with Crippen LogP contribution in [0.1, 0.15) is 47.5 Å². The molecular formula is C14H20O2. The number of hydrogen-bond donors (Lipinski definition) is 0. The third-order valence-electron chi connectivity index (χ3n) is 3.44. The minimum Gasteiger partial charge on any atom is -0.295 e. The molecular weight excluding hydrogens is 200 g/mol. The zero-order chi connectivity index (χ0) is 12.5. The van der Waals surface area contributed by atoms with Gasteiger partial charge in [0, 0.05) is 6.42 Å². The molecule has 2 heteroatoms. The Hall–Kier alpha value is -1.18. The summed E-state index contributed by atoms with van der Waals surface area (Å²) in [6.07, 6.45) is 3.37. The van der Waals surface area contributed by atoms with E-state index < -0.39 is 0 Å². The molecule has 0 aliphatic heterocycles. The Balaban J connectivity index is 3.25. The highest BCUT2D eigenvalue weighted by Crippen LogP contribution is 2.39. The Morgan fingerprint density at radius 3 is 2.38 bits per heavy atom. The van der Waals surface area contributed by atoms with Gasteiger partial charge in [0.05, 0.1) is 0 Å². The Bertz CT molecular complexity index is 395. The minimum atomic E-state index is -0.00525. The quantitative estimate of drug-likeness (QED) is 0.669. The number of carbonyl (C=O) groups is 2. The Kier molecular flexibility index (Phi) is 3.51. The maximum Gasteiger partial charge on any atom is 0.158 e. The molecule has 0 heterocycles. The van der Waals surface area contributed by atoms with Gasteiger partial charge in [0.2, 0.25) is 0 Å². The second-order valence-electron chi connectivity index (χ2n) is 5.23. The van der Waals surface area contributed by atoms with Crippen molar-refractivity contribution >= 4 is 11.6 Å². The van der Waals surface area contributed by atoms with Crippen molar-refractivity contribution in [2.45, 2.75) is 47.5 Å². The second kappa shape index (κ2) is 4.36. The van der Waals surface area contributed by atoms with E-state index in [1.54, 1.807) is 13.8 Å². The van der Waals surface area contributed by atoms with E-state index in [1.807, 2.05) is 13.0 Å². The van der Waals surface area contributed by atoms with Gasteiger partial charge in [-0.2, -0.15) is 0 Å². The minimum absolute atomic E-state index is 0.00525. The first-order valence-corrected chi connectivity index (χ1v) is 5.69. The number of rotatable bonds is 2. The summed E-state index contributed by atoms with van der Waals surface area (Å²) in [5.41, 5.74) is 2.56. The SMILES string of the molecule is CC(=O)/C(C)=C/C1=C(C)C(=O)CCC1(C)C. The molecule has 0 fully saturated rings. The molecule has 0 unspecified atom stereocenters. The highest BCUT2D eigenvalue weighted by molar-refractivity contribution is 5.98. The molecule has 1 aliphatic rings. The summed E-state index contributed by atoms with van der Waals surface area (Å²) in [5, 5.41) is 0. The summed E-state index contributed by atoms with van der Waals surface area (Å²) in [5.74, 6) is 0.274. The molecule has 1 rings (SSSR count). The van der Waals surface area contributed by atoms with Crippen molar-refractivity contribution in [2.24, 2.45) is 5.41 Å². The van der Waals surface area contributed by atoms with Crippen LogP contribution in [0.5, 0.6) is 0 Å². The van der Waals surface area contributed by atoms with E-state index in [1.165, 1.54) is 0 Å². The first-order chi connectivity index (χ1) is 7.25. The second-order valence-corrected chi connectivity index (χ2v) is 5.23. The molecule has 1 aliphatic carbocycles. The van der Waals surface area contributed by atoms with Gasteiger partial charge >= 0.3 is 0 Å². The van der Waals surface area contributed by atoms with E-state index in [-0.39, 0.29) is 17.0 Å². The van der Waals surface area contributed by atoms with Crippen LogP contribution >= 0.6 is 0 Å². The Morgan fingerprint density at radius 2 is 1.88 bits per heavy atom. The van der Waals surface area contributed by atoms with Crippen LogP contribution in [0.3, 0.4) is 0 Å². The molecule has 16 heavy (non-hydrogen) atoms. The zero-order valence-electron chi connectivity index (χ0n) is 10.8. The van der Waals surface area contributed by atoms with Crippen LogP contribution in [0.2, 0.25) is 0 Å². The third-order valence-corrected chi connectivity index (χ3v) is 3.44. The van der Waals surface area contributed by atoms with Gasteiger partial charge in [-0.3, -0.25) is 9.59 Å². The summed E-state index contributed by atoms with van der Waals surface area (Å²) in [7, 11) is 0. The molecule has 0 radical (unpaired) electrons. The summed E-state index contributed by atoms with van der Waals surface area (Å²) < 4.78 is 0. The van der Waals surface area contributed by atoms with Gasteiger partial charge in [-0.05, 0) is 49.3 Å². The number of Topliss-reactive ketones (excluding diaryl/α,β-unsaturated/α-hetero) is 2. The van der Waals surface area contributed by atoms with Crippen LogP contribution < -0.4 is 0 Å². The average molecular weight is 220 g/mol. The lowest BCUT2D eigenvalue weighted by atomic mass is 9.72. The van der Waals surface area contributed by atoms with Crippen LogP contribution in [0.25, 0.3) is 0 Å². The molecule has 0 saturated heterocycles. The molecule has 2 nitrogen and oxygen atoms in total. The Morgan fingerprint density at radius 1 is 1.31 bits per heavy atom. The van der Waals surface area contributed by atoms with Crippen molar-refractivity contribution in [3.63, 3.8) is 0 Å². The lowest BCUT2D eigenvalue weighted by Gasteiger charge is -2.32. The van der Waals surface area contributed by atoms with Crippen LogP contribution in [-0.2, 0) is 9.59 Å². The van der Waals surface area contributed by atoms with Gasteiger partial charge < -0.3 is 0 Å². The fraction of sp³-hybridized carbons (Fsp3) is 0.571. The zero-order valence-corrected chi connectivity index (χ0v) is 10.8. The van der Waals surface area contributed by atoms with Gasteiger partial charge in [-0.15, -0.1) is 0 Å². The summed E-state index contributed by atoms with van der Waals surface area (Å²) in [4.78, 5) is 22.9. The molecule has 0 aromatic carbocycles. The lowest BCUT2D eigenvalue weighted by molar-refractivity contribution is -0.116. The monoisotopic (exact) mass is 220 g/mol. The van der Waals surface area contributed by atoms with Gasteiger partial charge in [0.1, 0.15) is 0 Å². The molecule has 0 amide bonds. The highest BCUT2D eigenvalue weighted by Gasteiger charge is 2.31. The summed E-state index contributed by atoms with van der Waals surface area (Å²) in [6.45, 7) is 9.48. The van der Waals surface area contributed by atoms with Gasteiger partial charge in [0.15, 0.2) is 11.6 Å². The van der Waals surface area contributed by atoms with Crippen molar-refractivity contribution < 1.29 is 9.59 Å². The molecule has 0 spiro atoms. The molecule has 0 N–H and O–H groups in total. The van der Waals surface area contributed by atoms with E-state index in [0.29, 0.717) is 6.42 Å². The van der Waals surface area contributed by atoms with E-state index in [2.05, 4.69) is 13.8 Å². The molecule has 0 atom stereocenters. The largest absolute Gasteiger partial charge is 0.295 e. The number of hydrogen-bond acceptors (Lipinski definition) is 2. The maximum atomic E-state index is 11.7. The summed E-state index contributed by atoms with van der Waals surface area (Å²) >= 11 is 0. The maximum absolute atomic E-state index is 11.7. The first kappa shape index (κ1) is 12.9. The number of carbonyl (C=O) groups excluding carboxylic acids is 2. The van der Waals surface area contributed by atoms with Crippen LogP contribution in [0.4, 0.5) is 0 Å². The van der Waals surface area contributed by atoms with Crippen LogP contribution in [0, 0.1) is 5.41 Å². The fourth-order valence-electron chi connectivity index (χ4n) is 2.03. The number of ketones is 2. The van der Waals surface area contributed by atoms with Crippen LogP contribution in [-0.4, -0.2) is 11.6 Å². The van der Waals surface area contributed by atoms with E-state index >= 15 is 0 Å². The van der Waals surface area contributed by atoms with Crippen molar-refractivity contribution in [2.75, 3.05) is 0 Å². The fourth-order valence-corrected chi connectivity index (χ4v) is 2.03. The van der Waals surface area contributed by atoms with Gasteiger partial charge in [-0.25, -0.2) is 0 Å². The lowest BCUT2D eigenvalue weighted by Crippen LogP contribution is -2.24. The predicted octanol–water partition coefficient (Wildman–Crippen LogP) is 3.23. The van der Waals surface area contributed by atoms with Gasteiger partial charge in [0.25, 0.3) is 0 Å². The average Bonchev–Trinajstić information content (AvgIpc) is 2.18. The predicted molar refractivity (Wildman–Crippen MR) is 65.2 cm³/mol.